The van der Waals surface area contributed by atoms with Crippen molar-refractivity contribution in [2.24, 2.45) is 0 Å². The van der Waals surface area contributed by atoms with Gasteiger partial charge in [0.15, 0.2) is 5.78 Å². The third kappa shape index (κ3) is 4.22. The predicted octanol–water partition coefficient (Wildman–Crippen LogP) is 1.33. The molecule has 1 aromatic rings. The third-order valence-electron chi connectivity index (χ3n) is 2.40. The monoisotopic (exact) mass is 236 g/mol. The zero-order valence-electron chi connectivity index (χ0n) is 9.97. The van der Waals surface area contributed by atoms with Crippen LogP contribution in [-0.4, -0.2) is 30.0 Å². The Morgan fingerprint density at radius 3 is 2.59 bits per heavy atom. The summed E-state index contributed by atoms with van der Waals surface area (Å²) in [4.78, 5) is 26.7. The van der Waals surface area contributed by atoms with Gasteiger partial charge < -0.3 is 10.1 Å². The molecule has 0 unspecified atom stereocenters. The number of carbonyl (C=O) groups is 2. The lowest BCUT2D eigenvalue weighted by Gasteiger charge is -2.16. The van der Waals surface area contributed by atoms with E-state index in [1.54, 1.807) is 19.3 Å². The van der Waals surface area contributed by atoms with Gasteiger partial charge in [-0.1, -0.05) is 6.92 Å². The summed E-state index contributed by atoms with van der Waals surface area (Å²) in [6, 6.07) is 3.08. The number of hydrogen-bond donors (Lipinski definition) is 1. The number of nitrogens with one attached hydrogen (secondary N) is 1. The van der Waals surface area contributed by atoms with Crippen LogP contribution in [0.1, 0.15) is 18.9 Å². The lowest BCUT2D eigenvalue weighted by molar-refractivity contribution is -0.120. The minimum atomic E-state index is -0.592. The van der Waals surface area contributed by atoms with E-state index in [9.17, 15) is 9.59 Å². The molecule has 0 saturated heterocycles. The number of alkyl carbamates (subject to hydrolysis) is 1. The van der Waals surface area contributed by atoms with Crippen LogP contribution >= 0.6 is 0 Å². The van der Waals surface area contributed by atoms with Crippen LogP contribution in [-0.2, 0) is 16.0 Å². The van der Waals surface area contributed by atoms with Crippen molar-refractivity contribution in [1.29, 1.82) is 0 Å². The molecule has 0 aliphatic carbocycles. The summed E-state index contributed by atoms with van der Waals surface area (Å²) in [6.45, 7) is 1.76. The molecule has 0 spiro atoms. The summed E-state index contributed by atoms with van der Waals surface area (Å²) < 4.78 is 4.50. The number of hydrogen-bond acceptors (Lipinski definition) is 4. The molecule has 17 heavy (non-hydrogen) atoms. The van der Waals surface area contributed by atoms with Gasteiger partial charge in [0.1, 0.15) is 0 Å². The van der Waals surface area contributed by atoms with Crippen molar-refractivity contribution in [3.05, 3.63) is 30.1 Å². The molecule has 92 valence electrons. The number of nitrogens with zero attached hydrogens (tertiary/aromatic N) is 1. The van der Waals surface area contributed by atoms with Crippen LogP contribution in [0.3, 0.4) is 0 Å². The summed E-state index contributed by atoms with van der Waals surface area (Å²) in [6.07, 6.45) is 3.54. The Morgan fingerprint density at radius 1 is 1.41 bits per heavy atom. The Kier molecular flexibility index (Phi) is 5.13. The van der Waals surface area contributed by atoms with Crippen LogP contribution in [0.5, 0.6) is 0 Å². The Bertz CT molecular complexity index is 379. The second kappa shape index (κ2) is 6.62. The molecule has 0 fully saturated rings. The Balaban J connectivity index is 2.70. The second-order valence-corrected chi connectivity index (χ2v) is 3.57. The van der Waals surface area contributed by atoms with Crippen molar-refractivity contribution in [2.75, 3.05) is 7.11 Å². The molecule has 1 N–H and O–H groups in total. The third-order valence-corrected chi connectivity index (χ3v) is 2.40. The minimum Gasteiger partial charge on any atom is -0.453 e. The standard InChI is InChI=1S/C12H16N2O3/c1-3-11(15)10(14-12(16)17-2)8-9-4-6-13-7-5-9/h4-7,10H,3,8H2,1-2H3,(H,14,16)/t10-/m0/s1. The topological polar surface area (TPSA) is 68.3 Å². The molecule has 1 heterocycles. The molecule has 0 radical (unpaired) electrons. The highest BCUT2D eigenvalue weighted by atomic mass is 16.5. The highest BCUT2D eigenvalue weighted by Gasteiger charge is 2.19. The van der Waals surface area contributed by atoms with Gasteiger partial charge >= 0.3 is 6.09 Å². The zero-order valence-corrected chi connectivity index (χ0v) is 9.97. The first-order valence-corrected chi connectivity index (χ1v) is 5.43. The normalized spacial score (nSPS) is 11.6. The average Bonchev–Trinajstić information content (AvgIpc) is 2.38. The van der Waals surface area contributed by atoms with Gasteiger partial charge in [-0.2, -0.15) is 0 Å². The number of rotatable bonds is 5. The Labute approximate surface area is 100 Å². The van der Waals surface area contributed by atoms with Gasteiger partial charge in [0.05, 0.1) is 13.2 Å². The van der Waals surface area contributed by atoms with E-state index in [0.29, 0.717) is 12.8 Å². The van der Waals surface area contributed by atoms with Crippen LogP contribution in [0.4, 0.5) is 4.79 Å². The molecule has 0 aliphatic heterocycles. The zero-order chi connectivity index (χ0) is 12.7. The number of ether oxygens (including phenoxy) is 1. The number of pyridine rings is 1. The van der Waals surface area contributed by atoms with E-state index >= 15 is 0 Å². The number of Topliss-reactive ketones (excluding diaryl/α,β-unsaturated/α-hetero) is 1. The van der Waals surface area contributed by atoms with Gasteiger partial charge in [-0.3, -0.25) is 9.78 Å². The van der Waals surface area contributed by atoms with Crippen molar-refractivity contribution in [3.8, 4) is 0 Å². The summed E-state index contributed by atoms with van der Waals surface area (Å²) in [5, 5.41) is 2.53. The lowest BCUT2D eigenvalue weighted by atomic mass is 10.0. The van der Waals surface area contributed by atoms with Crippen LogP contribution in [0.2, 0.25) is 0 Å². The van der Waals surface area contributed by atoms with Gasteiger partial charge in [-0.15, -0.1) is 0 Å². The Hall–Kier alpha value is -1.91. The van der Waals surface area contributed by atoms with Crippen LogP contribution in [0.25, 0.3) is 0 Å². The van der Waals surface area contributed by atoms with E-state index in [4.69, 9.17) is 0 Å². The molecule has 0 aromatic carbocycles. The molecule has 1 aromatic heterocycles. The lowest BCUT2D eigenvalue weighted by Crippen LogP contribution is -2.42. The summed E-state index contributed by atoms with van der Waals surface area (Å²) in [5.74, 6) is -0.0211. The fourth-order valence-electron chi connectivity index (χ4n) is 1.45. The van der Waals surface area contributed by atoms with Crippen LogP contribution < -0.4 is 5.32 Å². The Morgan fingerprint density at radius 2 is 2.06 bits per heavy atom. The first kappa shape index (κ1) is 13.2. The van der Waals surface area contributed by atoms with Gasteiger partial charge in [-0.05, 0) is 24.1 Å². The van der Waals surface area contributed by atoms with Crippen LogP contribution in [0.15, 0.2) is 24.5 Å². The van der Waals surface area contributed by atoms with Gasteiger partial charge in [0.2, 0.25) is 0 Å². The fourth-order valence-corrected chi connectivity index (χ4v) is 1.45. The molecule has 1 rings (SSSR count). The van der Waals surface area contributed by atoms with Crippen LogP contribution in [0, 0.1) is 0 Å². The van der Waals surface area contributed by atoms with Gasteiger partial charge in [0.25, 0.3) is 0 Å². The maximum atomic E-state index is 11.7. The largest absolute Gasteiger partial charge is 0.453 e. The van der Waals surface area contributed by atoms with Crippen molar-refractivity contribution in [3.63, 3.8) is 0 Å². The van der Waals surface area contributed by atoms with Crippen molar-refractivity contribution >= 4 is 11.9 Å². The summed E-state index contributed by atoms with van der Waals surface area (Å²) in [7, 11) is 1.27. The maximum Gasteiger partial charge on any atom is 0.407 e. The van der Waals surface area contributed by atoms with Gasteiger partial charge in [-0.25, -0.2) is 4.79 Å². The molecule has 0 saturated carbocycles. The van der Waals surface area contributed by atoms with Crippen molar-refractivity contribution in [2.45, 2.75) is 25.8 Å². The highest BCUT2D eigenvalue weighted by molar-refractivity contribution is 5.87. The van der Waals surface area contributed by atoms with E-state index in [2.05, 4.69) is 15.0 Å². The van der Waals surface area contributed by atoms with E-state index in [1.807, 2.05) is 12.1 Å². The molecular formula is C12H16N2O3. The molecular weight excluding hydrogens is 220 g/mol. The summed E-state index contributed by atoms with van der Waals surface area (Å²) in [5.41, 5.74) is 0.947. The molecule has 5 nitrogen and oxygen atoms in total. The fraction of sp³-hybridized carbons (Fsp3) is 0.417. The molecule has 1 atom stereocenters. The first-order chi connectivity index (χ1) is 8.17. The SMILES string of the molecule is CCC(=O)[C@H](Cc1ccncc1)NC(=O)OC. The highest BCUT2D eigenvalue weighted by Crippen LogP contribution is 2.04. The van der Waals surface area contributed by atoms with Gasteiger partial charge in [0, 0.05) is 18.8 Å². The predicted molar refractivity (Wildman–Crippen MR) is 62.6 cm³/mol. The number of amides is 1. The number of ketones is 1. The first-order valence-electron chi connectivity index (χ1n) is 5.43. The quantitative estimate of drug-likeness (QED) is 0.837. The van der Waals surface area contributed by atoms with E-state index < -0.39 is 12.1 Å². The van der Waals surface area contributed by atoms with Crippen molar-refractivity contribution in [1.82, 2.24) is 10.3 Å². The molecule has 0 aliphatic rings. The molecule has 0 bridgehead atoms. The minimum absolute atomic E-state index is 0.0211. The molecule has 1 amide bonds. The average molecular weight is 236 g/mol. The van der Waals surface area contributed by atoms with E-state index in [0.717, 1.165) is 5.56 Å². The molecule has 5 heteroatoms. The number of aromatic nitrogens is 1. The van der Waals surface area contributed by atoms with E-state index in [-0.39, 0.29) is 5.78 Å². The number of carbonyl (C=O) groups excluding carboxylic acids is 2. The summed E-state index contributed by atoms with van der Waals surface area (Å²) >= 11 is 0. The second-order valence-electron chi connectivity index (χ2n) is 3.57. The number of methoxy groups -OCH3 is 1. The van der Waals surface area contributed by atoms with E-state index in [1.165, 1.54) is 7.11 Å². The van der Waals surface area contributed by atoms with Crippen molar-refractivity contribution < 1.29 is 14.3 Å². The maximum absolute atomic E-state index is 11.7. The smallest absolute Gasteiger partial charge is 0.407 e.